The summed E-state index contributed by atoms with van der Waals surface area (Å²) in [6.07, 6.45) is 1.61. The number of ether oxygens (including phenoxy) is 1. The van der Waals surface area contributed by atoms with E-state index in [0.29, 0.717) is 25.2 Å². The van der Waals surface area contributed by atoms with Crippen molar-refractivity contribution in [3.63, 3.8) is 0 Å². The standard InChI is InChI=1S/C18H23IN2O3/c1-17(2,3)24-16(23)20-10-11-21(18(12-20)8-9-18)15(22)13-4-6-14(19)7-5-13/h4-7H,8-12H2,1-3H3. The van der Waals surface area contributed by atoms with Gasteiger partial charge in [-0.25, -0.2) is 4.79 Å². The zero-order valence-corrected chi connectivity index (χ0v) is 16.5. The number of benzene rings is 1. The zero-order valence-electron chi connectivity index (χ0n) is 14.3. The molecule has 0 radical (unpaired) electrons. The topological polar surface area (TPSA) is 49.9 Å². The van der Waals surface area contributed by atoms with Crippen molar-refractivity contribution in [2.45, 2.75) is 44.8 Å². The largest absolute Gasteiger partial charge is 0.444 e. The highest BCUT2D eigenvalue weighted by molar-refractivity contribution is 14.1. The van der Waals surface area contributed by atoms with Gasteiger partial charge in [-0.05, 0) is 80.5 Å². The predicted molar refractivity (Wildman–Crippen MR) is 100.0 cm³/mol. The van der Waals surface area contributed by atoms with Gasteiger partial charge in [-0.2, -0.15) is 0 Å². The molecule has 1 heterocycles. The first-order valence-electron chi connectivity index (χ1n) is 8.26. The minimum absolute atomic E-state index is 0.0627. The lowest BCUT2D eigenvalue weighted by Gasteiger charge is -2.42. The van der Waals surface area contributed by atoms with Gasteiger partial charge in [0.05, 0.1) is 5.54 Å². The lowest BCUT2D eigenvalue weighted by atomic mass is 10.1. The van der Waals surface area contributed by atoms with Gasteiger partial charge in [0.15, 0.2) is 0 Å². The van der Waals surface area contributed by atoms with Crippen LogP contribution in [0.3, 0.4) is 0 Å². The lowest BCUT2D eigenvalue weighted by molar-refractivity contribution is 0.000635. The van der Waals surface area contributed by atoms with Gasteiger partial charge >= 0.3 is 6.09 Å². The fraction of sp³-hybridized carbons (Fsp3) is 0.556. The van der Waals surface area contributed by atoms with Crippen molar-refractivity contribution in [2.75, 3.05) is 19.6 Å². The maximum absolute atomic E-state index is 12.9. The van der Waals surface area contributed by atoms with Crippen molar-refractivity contribution in [2.24, 2.45) is 0 Å². The normalized spacial score (nSPS) is 19.3. The maximum Gasteiger partial charge on any atom is 0.410 e. The molecule has 6 heteroatoms. The van der Waals surface area contributed by atoms with Crippen molar-refractivity contribution >= 4 is 34.6 Å². The van der Waals surface area contributed by atoms with Gasteiger partial charge in [0.25, 0.3) is 5.91 Å². The summed E-state index contributed by atoms with van der Waals surface area (Å²) in [6.45, 7) is 7.26. The molecule has 2 aliphatic rings. The molecule has 1 aliphatic heterocycles. The van der Waals surface area contributed by atoms with E-state index in [0.717, 1.165) is 16.4 Å². The predicted octanol–water partition coefficient (Wildman–Crippen LogP) is 3.52. The highest BCUT2D eigenvalue weighted by Gasteiger charge is 2.54. The molecule has 1 spiro atoms. The van der Waals surface area contributed by atoms with E-state index in [1.165, 1.54) is 0 Å². The average molecular weight is 442 g/mol. The third-order valence-electron chi connectivity index (χ3n) is 4.47. The molecule has 0 aromatic heterocycles. The van der Waals surface area contributed by atoms with Gasteiger partial charge < -0.3 is 14.5 Å². The number of nitrogens with zero attached hydrogens (tertiary/aromatic N) is 2. The van der Waals surface area contributed by atoms with Crippen molar-refractivity contribution in [3.8, 4) is 0 Å². The van der Waals surface area contributed by atoms with Gasteiger partial charge in [0.1, 0.15) is 5.60 Å². The molecule has 2 amide bonds. The number of hydrogen-bond donors (Lipinski definition) is 0. The first-order valence-corrected chi connectivity index (χ1v) is 9.34. The van der Waals surface area contributed by atoms with Crippen LogP contribution in [0.15, 0.2) is 24.3 Å². The second-order valence-corrected chi connectivity index (χ2v) is 8.84. The van der Waals surface area contributed by atoms with Crippen LogP contribution in [0.2, 0.25) is 0 Å². The molecule has 3 rings (SSSR count). The molecule has 1 saturated heterocycles. The minimum atomic E-state index is -0.498. The third-order valence-corrected chi connectivity index (χ3v) is 5.19. The van der Waals surface area contributed by atoms with Crippen LogP contribution in [-0.4, -0.2) is 52.6 Å². The van der Waals surface area contributed by atoms with Crippen molar-refractivity contribution in [1.29, 1.82) is 0 Å². The van der Waals surface area contributed by atoms with Crippen molar-refractivity contribution in [3.05, 3.63) is 33.4 Å². The van der Waals surface area contributed by atoms with E-state index in [-0.39, 0.29) is 17.5 Å². The first kappa shape index (κ1) is 17.5. The third kappa shape index (κ3) is 3.68. The van der Waals surface area contributed by atoms with Gasteiger partial charge in [-0.15, -0.1) is 0 Å². The second kappa shape index (κ2) is 6.20. The number of carbonyl (C=O) groups is 2. The molecule has 5 nitrogen and oxygen atoms in total. The van der Waals surface area contributed by atoms with Gasteiger partial charge in [0, 0.05) is 28.8 Å². The molecule has 2 fully saturated rings. The summed E-state index contributed by atoms with van der Waals surface area (Å²) >= 11 is 2.23. The molecule has 1 aliphatic carbocycles. The smallest absolute Gasteiger partial charge is 0.410 e. The summed E-state index contributed by atoms with van der Waals surface area (Å²) in [7, 11) is 0. The Kier molecular flexibility index (Phi) is 4.53. The molecule has 0 atom stereocenters. The fourth-order valence-electron chi connectivity index (χ4n) is 3.10. The fourth-order valence-corrected chi connectivity index (χ4v) is 3.46. The molecule has 1 aromatic carbocycles. The molecular weight excluding hydrogens is 419 g/mol. The number of rotatable bonds is 1. The number of carbonyl (C=O) groups excluding carboxylic acids is 2. The van der Waals surface area contributed by atoms with Crippen LogP contribution in [0.4, 0.5) is 4.79 Å². The summed E-state index contributed by atoms with van der Waals surface area (Å²) in [6, 6.07) is 7.65. The number of amides is 2. The van der Waals surface area contributed by atoms with Gasteiger partial charge in [-0.3, -0.25) is 4.79 Å². The summed E-state index contributed by atoms with van der Waals surface area (Å²) in [5.41, 5.74) is 0.0179. The Labute approximate surface area is 156 Å². The summed E-state index contributed by atoms with van der Waals surface area (Å²) in [5.74, 6) is 0.0627. The molecular formula is C18H23IN2O3. The Hall–Kier alpha value is -1.31. The summed E-state index contributed by atoms with van der Waals surface area (Å²) in [5, 5.41) is 0. The van der Waals surface area contributed by atoms with Crippen LogP contribution in [0, 0.1) is 3.57 Å². The van der Waals surface area contributed by atoms with Gasteiger partial charge in [0.2, 0.25) is 0 Å². The number of hydrogen-bond acceptors (Lipinski definition) is 3. The van der Waals surface area contributed by atoms with E-state index in [2.05, 4.69) is 22.6 Å². The van der Waals surface area contributed by atoms with Crippen LogP contribution >= 0.6 is 22.6 Å². The van der Waals surface area contributed by atoms with Crippen molar-refractivity contribution in [1.82, 2.24) is 9.80 Å². The van der Waals surface area contributed by atoms with E-state index in [1.807, 2.05) is 49.9 Å². The molecule has 1 saturated carbocycles. The Morgan fingerprint density at radius 2 is 1.75 bits per heavy atom. The van der Waals surface area contributed by atoms with Crippen LogP contribution in [-0.2, 0) is 4.74 Å². The lowest BCUT2D eigenvalue weighted by Crippen LogP contribution is -2.58. The second-order valence-electron chi connectivity index (χ2n) is 7.59. The summed E-state index contributed by atoms with van der Waals surface area (Å²) in [4.78, 5) is 28.9. The molecule has 1 aromatic rings. The van der Waals surface area contributed by atoms with Crippen LogP contribution < -0.4 is 0 Å². The molecule has 0 unspecified atom stereocenters. The molecule has 0 N–H and O–H groups in total. The van der Waals surface area contributed by atoms with E-state index < -0.39 is 5.60 Å². The van der Waals surface area contributed by atoms with E-state index in [9.17, 15) is 9.59 Å². The molecule has 0 bridgehead atoms. The summed E-state index contributed by atoms with van der Waals surface area (Å²) < 4.78 is 6.59. The Balaban J connectivity index is 1.70. The Bertz CT molecular complexity index is 647. The van der Waals surface area contributed by atoms with Crippen molar-refractivity contribution < 1.29 is 14.3 Å². The quantitative estimate of drug-likeness (QED) is 0.626. The Morgan fingerprint density at radius 3 is 2.29 bits per heavy atom. The number of piperazine rings is 1. The molecule has 24 heavy (non-hydrogen) atoms. The first-order chi connectivity index (χ1) is 11.2. The van der Waals surface area contributed by atoms with Crippen LogP contribution in [0.1, 0.15) is 44.0 Å². The van der Waals surface area contributed by atoms with E-state index in [1.54, 1.807) is 4.90 Å². The van der Waals surface area contributed by atoms with E-state index in [4.69, 9.17) is 4.74 Å². The molecule has 130 valence electrons. The average Bonchev–Trinajstić information content (AvgIpc) is 3.25. The highest BCUT2D eigenvalue weighted by atomic mass is 127. The van der Waals surface area contributed by atoms with Gasteiger partial charge in [-0.1, -0.05) is 0 Å². The van der Waals surface area contributed by atoms with E-state index >= 15 is 0 Å². The maximum atomic E-state index is 12.9. The minimum Gasteiger partial charge on any atom is -0.444 e. The van der Waals surface area contributed by atoms with Crippen LogP contribution in [0.5, 0.6) is 0 Å². The zero-order chi connectivity index (χ0) is 17.5. The monoisotopic (exact) mass is 442 g/mol. The highest BCUT2D eigenvalue weighted by Crippen LogP contribution is 2.45. The number of halogens is 1. The van der Waals surface area contributed by atoms with Crippen LogP contribution in [0.25, 0.3) is 0 Å². The Morgan fingerprint density at radius 1 is 1.12 bits per heavy atom. The SMILES string of the molecule is CC(C)(C)OC(=O)N1CCN(C(=O)c2ccc(I)cc2)C2(CC2)C1.